The van der Waals surface area contributed by atoms with E-state index < -0.39 is 29.2 Å². The van der Waals surface area contributed by atoms with Crippen LogP contribution in [0.4, 0.5) is 0 Å². The molecule has 2 rings (SSSR count). The van der Waals surface area contributed by atoms with Crippen molar-refractivity contribution < 1.29 is 30.0 Å². The summed E-state index contributed by atoms with van der Waals surface area (Å²) in [6, 6.07) is 0. The lowest BCUT2D eigenvalue weighted by molar-refractivity contribution is -0.140. The molecule has 0 fully saturated rings. The molecule has 1 heterocycles. The van der Waals surface area contributed by atoms with Crippen molar-refractivity contribution in [3.63, 3.8) is 0 Å². The Balaban J connectivity index is 2.31. The molecule has 0 spiro atoms. The van der Waals surface area contributed by atoms with Crippen LogP contribution in [0.2, 0.25) is 0 Å². The van der Waals surface area contributed by atoms with Crippen molar-refractivity contribution in [1.82, 2.24) is 0 Å². The molecule has 2 aliphatic rings. The molecule has 7 heteroatoms. The number of fused-ring (bicyclic) bond motifs is 1. The van der Waals surface area contributed by atoms with Crippen LogP contribution in [-0.4, -0.2) is 49.6 Å². The van der Waals surface area contributed by atoms with E-state index in [0.717, 1.165) is 0 Å². The molecule has 4 N–H and O–H groups in total. The highest BCUT2D eigenvalue weighted by Gasteiger charge is 2.48. The number of allylic oxidation sites excluding steroid dienone is 2. The zero-order valence-corrected chi connectivity index (χ0v) is 16.0. The molecule has 0 bridgehead atoms. The number of ether oxygens (including phenoxy) is 1. The predicted octanol–water partition coefficient (Wildman–Crippen LogP) is 1.69. The fourth-order valence-corrected chi connectivity index (χ4v) is 3.22. The largest absolute Gasteiger partial charge is 0.465 e. The lowest BCUT2D eigenvalue weighted by Gasteiger charge is -2.35. The Morgan fingerprint density at radius 2 is 2.12 bits per heavy atom. The van der Waals surface area contributed by atoms with Gasteiger partial charge < -0.3 is 25.2 Å². The lowest BCUT2D eigenvalue weighted by Crippen LogP contribution is -2.51. The minimum absolute atomic E-state index is 0.104. The monoisotopic (exact) mass is 384 g/mol. The van der Waals surface area contributed by atoms with Crippen molar-refractivity contribution in [2.75, 3.05) is 0 Å². The Labute approximate surface area is 157 Å². The molecular weight excluding hydrogens is 360 g/mol. The molecule has 1 aliphatic carbocycles. The summed E-state index contributed by atoms with van der Waals surface area (Å²) in [4.78, 5) is 12.1. The van der Waals surface area contributed by atoms with Crippen molar-refractivity contribution in [1.29, 1.82) is 0 Å². The summed E-state index contributed by atoms with van der Waals surface area (Å²) in [5, 5.41) is 40.8. The highest BCUT2D eigenvalue weighted by molar-refractivity contribution is 6.45. The van der Waals surface area contributed by atoms with Crippen LogP contribution in [0.5, 0.6) is 0 Å². The third-order valence-electron chi connectivity index (χ3n) is 5.01. The number of hydrogen-bond acceptors (Lipinski definition) is 6. The molecule has 0 aromatic heterocycles. The first-order valence-corrected chi connectivity index (χ1v) is 8.84. The van der Waals surface area contributed by atoms with Gasteiger partial charge in [-0.05, 0) is 38.0 Å². The van der Waals surface area contributed by atoms with Crippen molar-refractivity contribution in [2.24, 2.45) is 5.92 Å². The second-order valence-corrected chi connectivity index (χ2v) is 7.61. The second-order valence-electron chi connectivity index (χ2n) is 7.23. The molecular formula is C19H25ClO6. The Morgan fingerprint density at radius 3 is 2.69 bits per heavy atom. The molecule has 0 saturated heterocycles. The topological polar surface area (TPSA) is 107 Å². The van der Waals surface area contributed by atoms with Crippen LogP contribution in [0, 0.1) is 5.92 Å². The molecule has 5 atom stereocenters. The first-order valence-electron chi connectivity index (χ1n) is 8.47. The lowest BCUT2D eigenvalue weighted by atomic mass is 9.79. The smallest absolute Gasteiger partial charge is 0.209 e. The third-order valence-corrected chi connectivity index (χ3v) is 5.38. The Kier molecular flexibility index (Phi) is 5.85. The van der Waals surface area contributed by atoms with Gasteiger partial charge in [-0.25, -0.2) is 0 Å². The van der Waals surface area contributed by atoms with Gasteiger partial charge >= 0.3 is 0 Å². The molecule has 0 amide bonds. The van der Waals surface area contributed by atoms with E-state index in [4.69, 9.17) is 16.3 Å². The van der Waals surface area contributed by atoms with Gasteiger partial charge in [0.1, 0.15) is 17.5 Å². The molecule has 0 aromatic carbocycles. The first-order chi connectivity index (χ1) is 11.9. The van der Waals surface area contributed by atoms with E-state index in [1.165, 1.54) is 38.3 Å². The van der Waals surface area contributed by atoms with Crippen LogP contribution in [0.1, 0.15) is 34.1 Å². The maximum absolute atomic E-state index is 12.1. The summed E-state index contributed by atoms with van der Waals surface area (Å²) in [6.07, 6.45) is 3.79. The molecule has 6 nitrogen and oxygen atoms in total. The van der Waals surface area contributed by atoms with Crippen LogP contribution in [0.3, 0.4) is 0 Å². The summed E-state index contributed by atoms with van der Waals surface area (Å²) >= 11 is 6.06. The van der Waals surface area contributed by atoms with Crippen molar-refractivity contribution in [3.05, 3.63) is 46.4 Å². The van der Waals surface area contributed by atoms with Gasteiger partial charge in [0, 0.05) is 11.1 Å². The number of ketones is 1. The van der Waals surface area contributed by atoms with E-state index in [2.05, 4.69) is 0 Å². The zero-order chi connectivity index (χ0) is 19.9. The number of carbonyl (C=O) groups excluding carboxylic acids is 1. The van der Waals surface area contributed by atoms with Crippen LogP contribution in [0.25, 0.3) is 0 Å². The molecule has 1 aliphatic heterocycles. The number of aliphatic hydroxyl groups excluding tert-OH is 2. The van der Waals surface area contributed by atoms with Crippen molar-refractivity contribution in [2.45, 2.75) is 57.5 Å². The number of Topliss-reactive ketones (excluding diaryl/α,β-unsaturated/α-hetero) is 1. The summed E-state index contributed by atoms with van der Waals surface area (Å²) in [6.45, 7) is 6.43. The molecule has 0 radical (unpaired) electrons. The van der Waals surface area contributed by atoms with Gasteiger partial charge in [-0.2, -0.15) is 0 Å². The maximum atomic E-state index is 12.1. The fraction of sp³-hybridized carbons (Fsp3) is 0.526. The van der Waals surface area contributed by atoms with Crippen LogP contribution >= 0.6 is 11.6 Å². The van der Waals surface area contributed by atoms with Gasteiger partial charge in [-0.15, -0.1) is 0 Å². The van der Waals surface area contributed by atoms with Gasteiger partial charge in [0.2, 0.25) is 5.78 Å². The van der Waals surface area contributed by atoms with E-state index in [-0.39, 0.29) is 27.9 Å². The van der Waals surface area contributed by atoms with Crippen LogP contribution < -0.4 is 0 Å². The van der Waals surface area contributed by atoms with E-state index in [1.54, 1.807) is 0 Å². The SMILES string of the molecule is CC[C@H](C)[C@@H](O)[C@@](C)(O)/C=C/C1=CC2=C(Cl)C(=O)[C@](C)(O)[C@H](O)C2=CO1. The van der Waals surface area contributed by atoms with Crippen molar-refractivity contribution >= 4 is 17.4 Å². The van der Waals surface area contributed by atoms with E-state index >= 15 is 0 Å². The zero-order valence-electron chi connectivity index (χ0n) is 15.2. The minimum atomic E-state index is -2.03. The molecule has 144 valence electrons. The summed E-state index contributed by atoms with van der Waals surface area (Å²) in [5.74, 6) is -0.618. The molecule has 0 unspecified atom stereocenters. The Hall–Kier alpha value is -1.44. The Bertz CT molecular complexity index is 714. The average Bonchev–Trinajstić information content (AvgIpc) is 2.61. The van der Waals surface area contributed by atoms with Gasteiger partial charge in [0.15, 0.2) is 5.60 Å². The van der Waals surface area contributed by atoms with Gasteiger partial charge in [-0.3, -0.25) is 4.79 Å². The highest BCUT2D eigenvalue weighted by Crippen LogP contribution is 2.39. The summed E-state index contributed by atoms with van der Waals surface area (Å²) in [5.41, 5.74) is -3.05. The van der Waals surface area contributed by atoms with Crippen LogP contribution in [0.15, 0.2) is 46.4 Å². The van der Waals surface area contributed by atoms with Crippen molar-refractivity contribution in [3.8, 4) is 0 Å². The Morgan fingerprint density at radius 1 is 1.50 bits per heavy atom. The average molecular weight is 385 g/mol. The van der Waals surface area contributed by atoms with E-state index in [1.807, 2.05) is 13.8 Å². The maximum Gasteiger partial charge on any atom is 0.209 e. The molecule has 0 aromatic rings. The highest BCUT2D eigenvalue weighted by atomic mass is 35.5. The summed E-state index contributed by atoms with van der Waals surface area (Å²) < 4.78 is 5.40. The van der Waals surface area contributed by atoms with Gasteiger partial charge in [-0.1, -0.05) is 31.9 Å². The predicted molar refractivity (Wildman–Crippen MR) is 97.0 cm³/mol. The molecule has 0 saturated carbocycles. The van der Waals surface area contributed by atoms with E-state index in [0.29, 0.717) is 6.42 Å². The van der Waals surface area contributed by atoms with Gasteiger partial charge in [0.05, 0.1) is 17.4 Å². The number of hydrogen-bond donors (Lipinski definition) is 4. The fourth-order valence-electron chi connectivity index (χ4n) is 2.86. The normalized spacial score (nSPS) is 31.0. The third kappa shape index (κ3) is 3.66. The van der Waals surface area contributed by atoms with Crippen LogP contribution in [-0.2, 0) is 9.53 Å². The van der Waals surface area contributed by atoms with E-state index in [9.17, 15) is 25.2 Å². The number of halogens is 1. The number of rotatable bonds is 5. The number of carbonyl (C=O) groups is 1. The molecule has 26 heavy (non-hydrogen) atoms. The van der Waals surface area contributed by atoms with Gasteiger partial charge in [0.25, 0.3) is 0 Å². The minimum Gasteiger partial charge on any atom is -0.465 e. The second kappa shape index (κ2) is 7.29. The summed E-state index contributed by atoms with van der Waals surface area (Å²) in [7, 11) is 0. The first kappa shape index (κ1) is 20.9. The standard InChI is InChI=1S/C19H25ClO6/c1-5-10(2)15(21)18(3,24)7-6-11-8-12-13(9-26-11)16(22)19(4,25)17(23)14(12)20/h6-10,15-16,21-22,24-25H,5H2,1-4H3/b7-6+/t10-,15+,16+,18-,19+/m0/s1. The number of aliphatic hydroxyl groups is 4. The quantitative estimate of drug-likeness (QED) is 0.574.